The minimum atomic E-state index is 0.576. The molecule has 0 spiro atoms. The molecule has 1 rings (SSSR count). The van der Waals surface area contributed by atoms with Crippen molar-refractivity contribution in [1.82, 2.24) is 0 Å². The van der Waals surface area contributed by atoms with E-state index in [4.69, 9.17) is 15.2 Å². The fourth-order valence-corrected chi connectivity index (χ4v) is 1.80. The van der Waals surface area contributed by atoms with Crippen molar-refractivity contribution in [2.24, 2.45) is 5.73 Å². The molecule has 0 saturated carbocycles. The Morgan fingerprint density at radius 3 is 2.81 bits per heavy atom. The quantitative estimate of drug-likeness (QED) is 0.783. The SMILES string of the molecule is CCOCCOc1ccc(Br)cc1CCN. The van der Waals surface area contributed by atoms with Gasteiger partial charge < -0.3 is 15.2 Å². The summed E-state index contributed by atoms with van der Waals surface area (Å²) in [5, 5.41) is 0. The Bertz CT molecular complexity index is 318. The predicted molar refractivity (Wildman–Crippen MR) is 68.9 cm³/mol. The highest BCUT2D eigenvalue weighted by atomic mass is 79.9. The van der Waals surface area contributed by atoms with Gasteiger partial charge >= 0.3 is 0 Å². The van der Waals surface area contributed by atoms with Crippen molar-refractivity contribution in [3.8, 4) is 5.75 Å². The van der Waals surface area contributed by atoms with Gasteiger partial charge in [-0.3, -0.25) is 0 Å². The summed E-state index contributed by atoms with van der Waals surface area (Å²) in [6, 6.07) is 5.97. The second-order valence-corrected chi connectivity index (χ2v) is 4.25. The van der Waals surface area contributed by atoms with E-state index in [2.05, 4.69) is 15.9 Å². The van der Waals surface area contributed by atoms with Gasteiger partial charge in [-0.25, -0.2) is 0 Å². The summed E-state index contributed by atoms with van der Waals surface area (Å²) >= 11 is 3.44. The van der Waals surface area contributed by atoms with Gasteiger partial charge in [0.25, 0.3) is 0 Å². The molecule has 2 N–H and O–H groups in total. The van der Waals surface area contributed by atoms with Crippen molar-refractivity contribution in [1.29, 1.82) is 0 Å². The predicted octanol–water partition coefficient (Wildman–Crippen LogP) is 2.37. The summed E-state index contributed by atoms with van der Waals surface area (Å²) in [6.07, 6.45) is 0.823. The van der Waals surface area contributed by atoms with E-state index < -0.39 is 0 Å². The number of ether oxygens (including phenoxy) is 2. The zero-order valence-electron chi connectivity index (χ0n) is 9.54. The van der Waals surface area contributed by atoms with Crippen LogP contribution in [-0.4, -0.2) is 26.4 Å². The molecule has 0 bridgehead atoms. The molecule has 0 aliphatic heterocycles. The highest BCUT2D eigenvalue weighted by molar-refractivity contribution is 9.10. The lowest BCUT2D eigenvalue weighted by atomic mass is 10.1. The number of rotatable bonds is 7. The molecule has 90 valence electrons. The third-order valence-corrected chi connectivity index (χ3v) is 2.62. The molecule has 16 heavy (non-hydrogen) atoms. The molecular formula is C12H18BrNO2. The van der Waals surface area contributed by atoms with Gasteiger partial charge in [0.2, 0.25) is 0 Å². The van der Waals surface area contributed by atoms with Crippen LogP contribution in [0.25, 0.3) is 0 Å². The normalized spacial score (nSPS) is 10.4. The van der Waals surface area contributed by atoms with Gasteiger partial charge in [0, 0.05) is 11.1 Å². The first kappa shape index (κ1) is 13.5. The molecule has 4 heteroatoms. The van der Waals surface area contributed by atoms with E-state index in [1.54, 1.807) is 0 Å². The van der Waals surface area contributed by atoms with Crippen molar-refractivity contribution in [2.75, 3.05) is 26.4 Å². The van der Waals surface area contributed by atoms with Crippen LogP contribution in [0, 0.1) is 0 Å². The van der Waals surface area contributed by atoms with Gasteiger partial charge in [-0.1, -0.05) is 15.9 Å². The van der Waals surface area contributed by atoms with Crippen LogP contribution in [0.5, 0.6) is 5.75 Å². The lowest BCUT2D eigenvalue weighted by Crippen LogP contribution is -2.09. The molecule has 0 amide bonds. The molecule has 0 atom stereocenters. The maximum Gasteiger partial charge on any atom is 0.122 e. The lowest BCUT2D eigenvalue weighted by molar-refractivity contribution is 0.110. The van der Waals surface area contributed by atoms with Gasteiger partial charge in [-0.05, 0) is 43.7 Å². The number of halogens is 1. The van der Waals surface area contributed by atoms with Crippen LogP contribution >= 0.6 is 15.9 Å². The summed E-state index contributed by atoms with van der Waals surface area (Å²) in [5.41, 5.74) is 6.69. The van der Waals surface area contributed by atoms with Gasteiger partial charge in [-0.15, -0.1) is 0 Å². The molecule has 0 aromatic heterocycles. The number of hydrogen-bond acceptors (Lipinski definition) is 3. The van der Waals surface area contributed by atoms with Crippen molar-refractivity contribution in [2.45, 2.75) is 13.3 Å². The van der Waals surface area contributed by atoms with E-state index >= 15 is 0 Å². The van der Waals surface area contributed by atoms with E-state index in [1.807, 2.05) is 25.1 Å². The molecule has 0 radical (unpaired) electrons. The molecule has 0 saturated heterocycles. The Hall–Kier alpha value is -0.580. The Kier molecular flexibility index (Phi) is 6.45. The molecule has 0 heterocycles. The van der Waals surface area contributed by atoms with Crippen molar-refractivity contribution >= 4 is 15.9 Å². The highest BCUT2D eigenvalue weighted by Gasteiger charge is 2.03. The minimum absolute atomic E-state index is 0.576. The molecule has 1 aromatic rings. The molecule has 0 fully saturated rings. The maximum absolute atomic E-state index is 5.65. The Labute approximate surface area is 105 Å². The average Bonchev–Trinajstić information content (AvgIpc) is 2.27. The Balaban J connectivity index is 2.56. The zero-order chi connectivity index (χ0) is 11.8. The van der Waals surface area contributed by atoms with Crippen LogP contribution in [0.15, 0.2) is 22.7 Å². The Morgan fingerprint density at radius 1 is 1.31 bits per heavy atom. The number of hydrogen-bond donors (Lipinski definition) is 1. The number of benzene rings is 1. The minimum Gasteiger partial charge on any atom is -0.491 e. The zero-order valence-corrected chi connectivity index (χ0v) is 11.1. The monoisotopic (exact) mass is 287 g/mol. The smallest absolute Gasteiger partial charge is 0.122 e. The maximum atomic E-state index is 5.65. The van der Waals surface area contributed by atoms with Crippen LogP contribution in [0.2, 0.25) is 0 Å². The van der Waals surface area contributed by atoms with Gasteiger partial charge in [0.1, 0.15) is 12.4 Å². The second kappa shape index (κ2) is 7.65. The first-order valence-corrected chi connectivity index (χ1v) is 6.26. The first-order chi connectivity index (χ1) is 7.77. The van der Waals surface area contributed by atoms with Crippen molar-refractivity contribution < 1.29 is 9.47 Å². The van der Waals surface area contributed by atoms with Gasteiger partial charge in [-0.2, -0.15) is 0 Å². The van der Waals surface area contributed by atoms with E-state index in [0.29, 0.717) is 19.8 Å². The topological polar surface area (TPSA) is 44.5 Å². The van der Waals surface area contributed by atoms with Crippen molar-refractivity contribution in [3.05, 3.63) is 28.2 Å². The van der Waals surface area contributed by atoms with E-state index in [1.165, 1.54) is 0 Å². The van der Waals surface area contributed by atoms with E-state index in [0.717, 1.165) is 28.8 Å². The van der Waals surface area contributed by atoms with Crippen molar-refractivity contribution in [3.63, 3.8) is 0 Å². The molecule has 0 aliphatic rings. The second-order valence-electron chi connectivity index (χ2n) is 3.34. The molecule has 0 aliphatic carbocycles. The summed E-state index contributed by atoms with van der Waals surface area (Å²) in [5.74, 6) is 0.897. The fraction of sp³-hybridized carbons (Fsp3) is 0.500. The summed E-state index contributed by atoms with van der Waals surface area (Å²) in [6.45, 7) is 4.51. The standard InChI is InChI=1S/C12H18BrNO2/c1-2-15-7-8-16-12-4-3-11(13)9-10(12)5-6-14/h3-4,9H,2,5-8,14H2,1H3. The molecule has 3 nitrogen and oxygen atoms in total. The molecule has 1 aromatic carbocycles. The summed E-state index contributed by atoms with van der Waals surface area (Å²) < 4.78 is 11.9. The molecular weight excluding hydrogens is 270 g/mol. The number of nitrogens with two attached hydrogens (primary N) is 1. The van der Waals surface area contributed by atoms with Gasteiger partial charge in [0.15, 0.2) is 0 Å². The van der Waals surface area contributed by atoms with Crippen LogP contribution in [0.4, 0.5) is 0 Å². The first-order valence-electron chi connectivity index (χ1n) is 5.47. The highest BCUT2D eigenvalue weighted by Crippen LogP contribution is 2.23. The van der Waals surface area contributed by atoms with E-state index in [-0.39, 0.29) is 0 Å². The van der Waals surface area contributed by atoms with Crippen LogP contribution in [-0.2, 0) is 11.2 Å². The van der Waals surface area contributed by atoms with Crippen LogP contribution in [0.3, 0.4) is 0 Å². The largest absolute Gasteiger partial charge is 0.491 e. The Morgan fingerprint density at radius 2 is 2.12 bits per heavy atom. The van der Waals surface area contributed by atoms with E-state index in [9.17, 15) is 0 Å². The summed E-state index contributed by atoms with van der Waals surface area (Å²) in [7, 11) is 0. The van der Waals surface area contributed by atoms with Gasteiger partial charge in [0.05, 0.1) is 6.61 Å². The third kappa shape index (κ3) is 4.51. The van der Waals surface area contributed by atoms with Crippen LogP contribution < -0.4 is 10.5 Å². The third-order valence-electron chi connectivity index (χ3n) is 2.13. The van der Waals surface area contributed by atoms with Crippen LogP contribution in [0.1, 0.15) is 12.5 Å². The average molecular weight is 288 g/mol. The lowest BCUT2D eigenvalue weighted by Gasteiger charge is -2.11. The molecule has 0 unspecified atom stereocenters. The summed E-state index contributed by atoms with van der Waals surface area (Å²) in [4.78, 5) is 0. The fourth-order valence-electron chi connectivity index (χ4n) is 1.39.